The number of rotatable bonds is 1. The average Bonchev–Trinajstić information content (AvgIpc) is 1.88. The van der Waals surface area contributed by atoms with Gasteiger partial charge in [0.25, 0.3) is 0 Å². The highest BCUT2D eigenvalue weighted by Crippen LogP contribution is 2.14. The van der Waals surface area contributed by atoms with Gasteiger partial charge in [0.05, 0.1) is 0 Å². The third kappa shape index (κ3) is 2.43. The van der Waals surface area contributed by atoms with E-state index in [2.05, 4.69) is 37.4 Å². The van der Waals surface area contributed by atoms with Crippen LogP contribution in [0.15, 0.2) is 18.2 Å². The molecular formula is C9H14ClN. The molecule has 0 aromatic heterocycles. The van der Waals surface area contributed by atoms with Crippen LogP contribution in [0.2, 0.25) is 0 Å². The molecule has 0 radical (unpaired) electrons. The summed E-state index contributed by atoms with van der Waals surface area (Å²) in [4.78, 5) is 0. The number of nitrogens with one attached hydrogen (secondary N) is 1. The van der Waals surface area contributed by atoms with E-state index in [0.29, 0.717) is 0 Å². The van der Waals surface area contributed by atoms with Gasteiger partial charge in [-0.1, -0.05) is 17.7 Å². The molecule has 0 aliphatic heterocycles. The SMILES string of the molecule is CNc1ccc(C)cc1C.Cl. The van der Waals surface area contributed by atoms with Crippen molar-refractivity contribution >= 4 is 18.1 Å². The first kappa shape index (κ1) is 10.3. The van der Waals surface area contributed by atoms with E-state index in [4.69, 9.17) is 0 Å². The largest absolute Gasteiger partial charge is 0.388 e. The Morgan fingerprint density at radius 1 is 1.18 bits per heavy atom. The van der Waals surface area contributed by atoms with Gasteiger partial charge in [0, 0.05) is 12.7 Å². The van der Waals surface area contributed by atoms with Crippen LogP contribution >= 0.6 is 12.4 Å². The van der Waals surface area contributed by atoms with Crippen molar-refractivity contribution in [2.45, 2.75) is 13.8 Å². The summed E-state index contributed by atoms with van der Waals surface area (Å²) in [5, 5.41) is 3.12. The molecule has 11 heavy (non-hydrogen) atoms. The van der Waals surface area contributed by atoms with Crippen LogP contribution in [0.3, 0.4) is 0 Å². The summed E-state index contributed by atoms with van der Waals surface area (Å²) in [7, 11) is 1.94. The maximum absolute atomic E-state index is 3.12. The Bertz CT molecular complexity index is 233. The summed E-state index contributed by atoms with van der Waals surface area (Å²) in [6.07, 6.45) is 0. The van der Waals surface area contributed by atoms with Gasteiger partial charge in [-0.3, -0.25) is 0 Å². The standard InChI is InChI=1S/C9H13N.ClH/c1-7-4-5-9(10-3)8(2)6-7;/h4-6,10H,1-3H3;1H. The first-order chi connectivity index (χ1) is 4.74. The number of hydrogen-bond donors (Lipinski definition) is 1. The average molecular weight is 172 g/mol. The molecule has 0 atom stereocenters. The highest BCUT2D eigenvalue weighted by atomic mass is 35.5. The van der Waals surface area contributed by atoms with Gasteiger partial charge >= 0.3 is 0 Å². The highest BCUT2D eigenvalue weighted by molar-refractivity contribution is 5.85. The van der Waals surface area contributed by atoms with Gasteiger partial charge in [0.1, 0.15) is 0 Å². The predicted molar refractivity (Wildman–Crippen MR) is 52.7 cm³/mol. The van der Waals surface area contributed by atoms with Gasteiger partial charge in [-0.05, 0) is 25.5 Å². The van der Waals surface area contributed by atoms with E-state index in [9.17, 15) is 0 Å². The predicted octanol–water partition coefficient (Wildman–Crippen LogP) is 2.77. The number of anilines is 1. The van der Waals surface area contributed by atoms with Crippen molar-refractivity contribution in [2.24, 2.45) is 0 Å². The van der Waals surface area contributed by atoms with Crippen molar-refractivity contribution in [1.29, 1.82) is 0 Å². The number of benzene rings is 1. The number of hydrogen-bond acceptors (Lipinski definition) is 1. The molecule has 0 saturated carbocycles. The Balaban J connectivity index is 0.000001000. The first-order valence-electron chi connectivity index (χ1n) is 3.49. The van der Waals surface area contributed by atoms with Gasteiger partial charge in [-0.25, -0.2) is 0 Å². The Hall–Kier alpha value is -0.690. The molecule has 0 amide bonds. The van der Waals surface area contributed by atoms with Crippen molar-refractivity contribution in [3.05, 3.63) is 29.3 Å². The van der Waals surface area contributed by atoms with E-state index in [1.54, 1.807) is 0 Å². The van der Waals surface area contributed by atoms with Gasteiger partial charge in [-0.15, -0.1) is 12.4 Å². The van der Waals surface area contributed by atoms with Gasteiger partial charge in [-0.2, -0.15) is 0 Å². The summed E-state index contributed by atoms with van der Waals surface area (Å²) in [5.74, 6) is 0. The molecule has 0 unspecified atom stereocenters. The molecule has 1 aromatic rings. The monoisotopic (exact) mass is 171 g/mol. The zero-order chi connectivity index (χ0) is 7.56. The fourth-order valence-electron chi connectivity index (χ4n) is 1.09. The van der Waals surface area contributed by atoms with Crippen molar-refractivity contribution in [3.63, 3.8) is 0 Å². The van der Waals surface area contributed by atoms with Crippen molar-refractivity contribution < 1.29 is 0 Å². The lowest BCUT2D eigenvalue weighted by Gasteiger charge is -2.04. The maximum atomic E-state index is 3.12. The molecule has 0 aliphatic rings. The molecule has 1 rings (SSSR count). The topological polar surface area (TPSA) is 12.0 Å². The van der Waals surface area contributed by atoms with E-state index >= 15 is 0 Å². The molecule has 0 spiro atoms. The molecule has 0 fully saturated rings. The van der Waals surface area contributed by atoms with Gasteiger partial charge in [0.2, 0.25) is 0 Å². The molecule has 0 aliphatic carbocycles. The zero-order valence-electron chi connectivity index (χ0n) is 7.14. The van der Waals surface area contributed by atoms with E-state index in [1.165, 1.54) is 16.8 Å². The maximum Gasteiger partial charge on any atom is 0.0367 e. The molecule has 0 saturated heterocycles. The van der Waals surface area contributed by atoms with Crippen LogP contribution in [0.5, 0.6) is 0 Å². The Morgan fingerprint density at radius 3 is 2.27 bits per heavy atom. The minimum atomic E-state index is 0. The second kappa shape index (κ2) is 4.24. The summed E-state index contributed by atoms with van der Waals surface area (Å²) < 4.78 is 0. The van der Waals surface area contributed by atoms with E-state index in [0.717, 1.165) is 0 Å². The molecule has 1 nitrogen and oxygen atoms in total. The quantitative estimate of drug-likeness (QED) is 0.685. The van der Waals surface area contributed by atoms with Crippen LogP contribution in [-0.2, 0) is 0 Å². The Kier molecular flexibility index (Phi) is 3.98. The lowest BCUT2D eigenvalue weighted by molar-refractivity contribution is 1.35. The second-order valence-corrected chi connectivity index (χ2v) is 2.57. The number of halogens is 1. The van der Waals surface area contributed by atoms with Crippen LogP contribution in [0.4, 0.5) is 5.69 Å². The van der Waals surface area contributed by atoms with Gasteiger partial charge in [0.15, 0.2) is 0 Å². The van der Waals surface area contributed by atoms with Crippen molar-refractivity contribution in [2.75, 3.05) is 12.4 Å². The molecule has 1 N–H and O–H groups in total. The second-order valence-electron chi connectivity index (χ2n) is 2.57. The third-order valence-corrected chi connectivity index (χ3v) is 1.65. The van der Waals surface area contributed by atoms with Crippen LogP contribution < -0.4 is 5.32 Å². The number of aryl methyl sites for hydroxylation is 2. The first-order valence-corrected chi connectivity index (χ1v) is 3.49. The Morgan fingerprint density at radius 2 is 1.82 bits per heavy atom. The highest BCUT2D eigenvalue weighted by Gasteiger charge is 1.92. The van der Waals surface area contributed by atoms with Crippen molar-refractivity contribution in [3.8, 4) is 0 Å². The fourth-order valence-corrected chi connectivity index (χ4v) is 1.09. The molecular weight excluding hydrogens is 158 g/mol. The molecule has 0 heterocycles. The van der Waals surface area contributed by atoms with Crippen molar-refractivity contribution in [1.82, 2.24) is 0 Å². The minimum absolute atomic E-state index is 0. The molecule has 1 aromatic carbocycles. The normalized spacial score (nSPS) is 8.64. The molecule has 0 bridgehead atoms. The smallest absolute Gasteiger partial charge is 0.0367 e. The lowest BCUT2D eigenvalue weighted by atomic mass is 10.1. The fraction of sp³-hybridized carbons (Fsp3) is 0.333. The molecule has 2 heteroatoms. The van der Waals surface area contributed by atoms with Crippen LogP contribution in [0.1, 0.15) is 11.1 Å². The van der Waals surface area contributed by atoms with Gasteiger partial charge < -0.3 is 5.32 Å². The minimum Gasteiger partial charge on any atom is -0.388 e. The summed E-state index contributed by atoms with van der Waals surface area (Å²) in [6.45, 7) is 4.21. The van der Waals surface area contributed by atoms with E-state index in [1.807, 2.05) is 7.05 Å². The summed E-state index contributed by atoms with van der Waals surface area (Å²) in [5.41, 5.74) is 3.84. The zero-order valence-corrected chi connectivity index (χ0v) is 7.96. The summed E-state index contributed by atoms with van der Waals surface area (Å²) >= 11 is 0. The molecule has 62 valence electrons. The summed E-state index contributed by atoms with van der Waals surface area (Å²) in [6, 6.07) is 6.38. The van der Waals surface area contributed by atoms with E-state index < -0.39 is 0 Å². The lowest BCUT2D eigenvalue weighted by Crippen LogP contribution is -1.90. The third-order valence-electron chi connectivity index (χ3n) is 1.65. The Labute approximate surface area is 74.2 Å². The van der Waals surface area contributed by atoms with E-state index in [-0.39, 0.29) is 12.4 Å². The van der Waals surface area contributed by atoms with Crippen LogP contribution in [0, 0.1) is 13.8 Å². The van der Waals surface area contributed by atoms with Crippen LogP contribution in [-0.4, -0.2) is 7.05 Å². The van der Waals surface area contributed by atoms with Crippen LogP contribution in [0.25, 0.3) is 0 Å².